The van der Waals surface area contributed by atoms with Crippen LogP contribution < -0.4 is 0 Å². The topological polar surface area (TPSA) is 30.2 Å². The molecule has 2 heteroatoms. The van der Waals surface area contributed by atoms with Crippen molar-refractivity contribution < 1.29 is 9.21 Å². The number of benzene rings is 3. The van der Waals surface area contributed by atoms with E-state index < -0.39 is 0 Å². The van der Waals surface area contributed by atoms with Crippen molar-refractivity contribution in [3.05, 3.63) is 60.2 Å². The van der Waals surface area contributed by atoms with Crippen molar-refractivity contribution >= 4 is 39.0 Å². The second-order valence-corrected chi connectivity index (χ2v) is 4.60. The molecular weight excluding hydrogens is 236 g/mol. The Morgan fingerprint density at radius 2 is 1.47 bits per heavy atom. The maximum atomic E-state index is 11.3. The smallest absolute Gasteiger partial charge is 0.150 e. The van der Waals surface area contributed by atoms with E-state index >= 15 is 0 Å². The minimum atomic E-state index is 0.703. The van der Waals surface area contributed by atoms with Gasteiger partial charge < -0.3 is 4.42 Å². The number of carbonyl (C=O) groups is 1. The Balaban J connectivity index is 2.35. The molecule has 90 valence electrons. The van der Waals surface area contributed by atoms with E-state index in [9.17, 15) is 4.79 Å². The molecule has 1 heterocycles. The molecule has 0 aliphatic heterocycles. The average Bonchev–Trinajstić information content (AvgIpc) is 2.85. The summed E-state index contributed by atoms with van der Waals surface area (Å²) in [6.07, 6.45) is 0.906. The van der Waals surface area contributed by atoms with Crippen molar-refractivity contribution in [3.8, 4) is 0 Å². The lowest BCUT2D eigenvalue weighted by molar-refractivity contribution is 0.112. The fourth-order valence-corrected chi connectivity index (χ4v) is 2.67. The lowest BCUT2D eigenvalue weighted by atomic mass is 10.0. The number of fused-ring (bicyclic) bond motifs is 5. The van der Waals surface area contributed by atoms with Crippen LogP contribution in [0.1, 0.15) is 10.4 Å². The van der Waals surface area contributed by atoms with Crippen LogP contribution in [0.3, 0.4) is 0 Å². The summed E-state index contributed by atoms with van der Waals surface area (Å²) >= 11 is 0. The molecule has 0 atom stereocenters. The second-order valence-electron chi connectivity index (χ2n) is 4.60. The van der Waals surface area contributed by atoms with E-state index in [2.05, 4.69) is 0 Å². The predicted molar refractivity (Wildman–Crippen MR) is 76.6 cm³/mol. The highest BCUT2D eigenvalue weighted by Crippen LogP contribution is 2.35. The third-order valence-corrected chi connectivity index (χ3v) is 3.54. The van der Waals surface area contributed by atoms with Crippen LogP contribution in [0.25, 0.3) is 32.7 Å². The van der Waals surface area contributed by atoms with Crippen LogP contribution in [-0.2, 0) is 0 Å². The highest BCUT2D eigenvalue weighted by Gasteiger charge is 2.12. The van der Waals surface area contributed by atoms with E-state index in [1.54, 1.807) is 0 Å². The van der Waals surface area contributed by atoms with Crippen molar-refractivity contribution in [2.75, 3.05) is 0 Å². The van der Waals surface area contributed by atoms with E-state index in [-0.39, 0.29) is 0 Å². The van der Waals surface area contributed by atoms with Gasteiger partial charge in [0.05, 0.1) is 0 Å². The first-order valence-electron chi connectivity index (χ1n) is 6.16. The molecule has 2 nitrogen and oxygen atoms in total. The quantitative estimate of drug-likeness (QED) is 0.461. The summed E-state index contributed by atoms with van der Waals surface area (Å²) in [5, 5.41) is 3.96. The third kappa shape index (κ3) is 1.34. The molecule has 0 bridgehead atoms. The molecule has 0 fully saturated rings. The van der Waals surface area contributed by atoms with Gasteiger partial charge in [0, 0.05) is 21.7 Å². The van der Waals surface area contributed by atoms with Crippen molar-refractivity contribution in [1.82, 2.24) is 0 Å². The summed E-state index contributed by atoms with van der Waals surface area (Å²) in [7, 11) is 0. The van der Waals surface area contributed by atoms with Crippen molar-refractivity contribution in [2.45, 2.75) is 0 Å². The van der Waals surface area contributed by atoms with Crippen molar-refractivity contribution in [3.63, 3.8) is 0 Å². The van der Waals surface area contributed by atoms with Gasteiger partial charge in [0.25, 0.3) is 0 Å². The molecule has 3 aromatic carbocycles. The molecule has 0 aliphatic carbocycles. The fraction of sp³-hybridized carbons (Fsp3) is 0. The highest BCUT2D eigenvalue weighted by atomic mass is 16.3. The zero-order valence-electron chi connectivity index (χ0n) is 10.1. The molecule has 0 saturated heterocycles. The molecule has 0 unspecified atom stereocenters. The summed E-state index contributed by atoms with van der Waals surface area (Å²) in [6, 6.07) is 17.7. The van der Waals surface area contributed by atoms with Gasteiger partial charge in [-0.3, -0.25) is 4.79 Å². The molecule has 0 radical (unpaired) electrons. The standard InChI is InChI=1S/C17H10O2/c18-10-11-9-15-13-6-3-4-8-16(13)19-17(15)14-7-2-1-5-12(11)14/h1-10H. The summed E-state index contributed by atoms with van der Waals surface area (Å²) < 4.78 is 5.95. The summed E-state index contributed by atoms with van der Waals surface area (Å²) in [6.45, 7) is 0. The monoisotopic (exact) mass is 246 g/mol. The summed E-state index contributed by atoms with van der Waals surface area (Å²) in [5.41, 5.74) is 2.41. The number of furan rings is 1. The molecule has 19 heavy (non-hydrogen) atoms. The summed E-state index contributed by atoms with van der Waals surface area (Å²) in [5.74, 6) is 0. The number of carbonyl (C=O) groups excluding carboxylic acids is 1. The lowest BCUT2D eigenvalue weighted by Crippen LogP contribution is -1.83. The van der Waals surface area contributed by atoms with Crippen LogP contribution >= 0.6 is 0 Å². The van der Waals surface area contributed by atoms with E-state index in [0.717, 1.165) is 39.0 Å². The first-order valence-corrected chi connectivity index (χ1v) is 6.16. The maximum absolute atomic E-state index is 11.3. The highest BCUT2D eigenvalue weighted by molar-refractivity contribution is 6.18. The maximum Gasteiger partial charge on any atom is 0.150 e. The Kier molecular flexibility index (Phi) is 2.00. The molecule has 4 aromatic rings. The third-order valence-electron chi connectivity index (χ3n) is 3.54. The second kappa shape index (κ2) is 3.69. The van der Waals surface area contributed by atoms with Gasteiger partial charge in [-0.05, 0) is 17.5 Å². The van der Waals surface area contributed by atoms with Gasteiger partial charge in [0.15, 0.2) is 6.29 Å². The predicted octanol–water partition coefficient (Wildman–Crippen LogP) is 4.55. The Labute approximate surface area is 109 Å². The number of hydrogen-bond acceptors (Lipinski definition) is 2. The Hall–Kier alpha value is -2.61. The zero-order valence-corrected chi connectivity index (χ0v) is 10.1. The van der Waals surface area contributed by atoms with Gasteiger partial charge in [-0.2, -0.15) is 0 Å². The minimum absolute atomic E-state index is 0.703. The Morgan fingerprint density at radius 1 is 0.789 bits per heavy atom. The average molecular weight is 246 g/mol. The normalized spacial score (nSPS) is 11.4. The molecule has 0 aliphatic rings. The number of para-hydroxylation sites is 1. The largest absolute Gasteiger partial charge is 0.455 e. The fourth-order valence-electron chi connectivity index (χ4n) is 2.67. The van der Waals surface area contributed by atoms with Crippen molar-refractivity contribution in [1.29, 1.82) is 0 Å². The SMILES string of the molecule is O=Cc1cc2c3ccccc3oc2c2ccccc12. The van der Waals surface area contributed by atoms with Gasteiger partial charge in [-0.15, -0.1) is 0 Å². The van der Waals surface area contributed by atoms with Crippen LogP contribution in [0.15, 0.2) is 59.0 Å². The minimum Gasteiger partial charge on any atom is -0.455 e. The van der Waals surface area contributed by atoms with Crippen LogP contribution in [-0.4, -0.2) is 6.29 Å². The zero-order chi connectivity index (χ0) is 12.8. The van der Waals surface area contributed by atoms with Gasteiger partial charge in [-0.25, -0.2) is 0 Å². The number of aldehydes is 1. The van der Waals surface area contributed by atoms with Crippen LogP contribution in [0, 0.1) is 0 Å². The Bertz CT molecular complexity index is 932. The van der Waals surface area contributed by atoms with E-state index in [0.29, 0.717) is 5.56 Å². The number of hydrogen-bond donors (Lipinski definition) is 0. The van der Waals surface area contributed by atoms with Crippen LogP contribution in [0.5, 0.6) is 0 Å². The first kappa shape index (κ1) is 10.3. The van der Waals surface area contributed by atoms with Gasteiger partial charge in [-0.1, -0.05) is 42.5 Å². The molecule has 0 spiro atoms. The van der Waals surface area contributed by atoms with Gasteiger partial charge in [0.1, 0.15) is 11.2 Å². The van der Waals surface area contributed by atoms with Crippen LogP contribution in [0.2, 0.25) is 0 Å². The van der Waals surface area contributed by atoms with Gasteiger partial charge in [0.2, 0.25) is 0 Å². The Morgan fingerprint density at radius 3 is 2.26 bits per heavy atom. The van der Waals surface area contributed by atoms with Crippen LogP contribution in [0.4, 0.5) is 0 Å². The molecule has 1 aromatic heterocycles. The molecule has 4 rings (SSSR count). The number of rotatable bonds is 1. The van der Waals surface area contributed by atoms with Crippen molar-refractivity contribution in [2.24, 2.45) is 0 Å². The molecular formula is C17H10O2. The molecule has 0 N–H and O–H groups in total. The van der Waals surface area contributed by atoms with Gasteiger partial charge >= 0.3 is 0 Å². The molecule has 0 amide bonds. The molecule has 0 saturated carbocycles. The van der Waals surface area contributed by atoms with E-state index in [4.69, 9.17) is 4.42 Å². The first-order chi connectivity index (χ1) is 9.38. The summed E-state index contributed by atoms with van der Waals surface area (Å²) in [4.78, 5) is 11.3. The lowest BCUT2D eigenvalue weighted by Gasteiger charge is -2.01. The van der Waals surface area contributed by atoms with E-state index in [1.165, 1.54) is 0 Å². The van der Waals surface area contributed by atoms with E-state index in [1.807, 2.05) is 54.6 Å².